The van der Waals surface area contributed by atoms with Gasteiger partial charge in [0.2, 0.25) is 0 Å². The van der Waals surface area contributed by atoms with Gasteiger partial charge in [0.15, 0.2) is 0 Å². The van der Waals surface area contributed by atoms with Crippen LogP contribution in [0.15, 0.2) is 0 Å². The molecule has 0 aliphatic carbocycles. The third-order valence-corrected chi connectivity index (χ3v) is 2.16. The van der Waals surface area contributed by atoms with Gasteiger partial charge in [-0.25, -0.2) is 4.79 Å². The first-order valence-electron chi connectivity index (χ1n) is 5.15. The Labute approximate surface area is 98.7 Å². The molecule has 0 rings (SSSR count). The third-order valence-electron chi connectivity index (χ3n) is 2.16. The lowest BCUT2D eigenvalue weighted by molar-refractivity contribution is -0.212. The smallest absolute Gasteiger partial charge is 0.407 e. The topological polar surface area (TPSA) is 64.3 Å². The van der Waals surface area contributed by atoms with Gasteiger partial charge in [-0.15, -0.1) is 0 Å². The fraction of sp³-hybridized carbons (Fsp3) is 0.900. The lowest BCUT2D eigenvalue weighted by atomic mass is 9.90. The van der Waals surface area contributed by atoms with Gasteiger partial charge in [0, 0.05) is 13.1 Å². The summed E-state index contributed by atoms with van der Waals surface area (Å²) in [5, 5.41) is 2.08. The molecule has 0 saturated heterocycles. The second-order valence-corrected chi connectivity index (χ2v) is 5.12. The highest BCUT2D eigenvalue weighted by Gasteiger charge is 2.50. The Bertz CT molecular complexity index is 274. The highest BCUT2D eigenvalue weighted by atomic mass is 19.4. The van der Waals surface area contributed by atoms with Crippen LogP contribution in [-0.2, 0) is 4.74 Å². The largest absolute Gasteiger partial charge is 0.444 e. The van der Waals surface area contributed by atoms with E-state index in [2.05, 4.69) is 5.32 Å². The van der Waals surface area contributed by atoms with Gasteiger partial charge < -0.3 is 15.8 Å². The van der Waals surface area contributed by atoms with Gasteiger partial charge in [-0.1, -0.05) is 0 Å². The fourth-order valence-corrected chi connectivity index (χ4v) is 0.870. The Hall–Kier alpha value is -0.980. The number of halogens is 3. The summed E-state index contributed by atoms with van der Waals surface area (Å²) >= 11 is 0. The van der Waals surface area contributed by atoms with Gasteiger partial charge in [-0.3, -0.25) is 0 Å². The summed E-state index contributed by atoms with van der Waals surface area (Å²) in [6.45, 7) is 4.61. The normalized spacial score (nSPS) is 16.2. The summed E-state index contributed by atoms with van der Waals surface area (Å²) in [6.07, 6.45) is -5.36. The molecule has 1 amide bonds. The lowest BCUT2D eigenvalue weighted by Crippen LogP contribution is -2.50. The van der Waals surface area contributed by atoms with E-state index in [0.29, 0.717) is 0 Å². The van der Waals surface area contributed by atoms with Crippen molar-refractivity contribution in [2.45, 2.75) is 39.5 Å². The van der Waals surface area contributed by atoms with Crippen LogP contribution in [0, 0.1) is 5.41 Å². The zero-order chi connectivity index (χ0) is 13.9. The molecule has 0 bridgehead atoms. The Morgan fingerprint density at radius 3 is 2.00 bits per heavy atom. The fourth-order valence-electron chi connectivity index (χ4n) is 0.870. The molecule has 0 aromatic rings. The van der Waals surface area contributed by atoms with E-state index in [9.17, 15) is 18.0 Å². The van der Waals surface area contributed by atoms with Gasteiger partial charge in [0.1, 0.15) is 5.60 Å². The van der Waals surface area contributed by atoms with E-state index < -0.39 is 36.4 Å². The molecule has 0 aliphatic heterocycles. The first-order valence-corrected chi connectivity index (χ1v) is 5.15. The minimum Gasteiger partial charge on any atom is -0.444 e. The molecule has 0 heterocycles. The van der Waals surface area contributed by atoms with Crippen molar-refractivity contribution < 1.29 is 22.7 Å². The number of carbonyl (C=O) groups excluding carboxylic acids is 1. The highest BCUT2D eigenvalue weighted by Crippen LogP contribution is 2.36. The monoisotopic (exact) mass is 256 g/mol. The molecule has 0 saturated carbocycles. The number of hydrogen-bond acceptors (Lipinski definition) is 3. The molecule has 102 valence electrons. The van der Waals surface area contributed by atoms with E-state index in [1.165, 1.54) is 0 Å². The van der Waals surface area contributed by atoms with Crippen LogP contribution in [0.3, 0.4) is 0 Å². The Kier molecular flexibility index (Phi) is 4.82. The molecular formula is C10H19F3N2O2. The van der Waals surface area contributed by atoms with Crippen LogP contribution in [0.25, 0.3) is 0 Å². The third kappa shape index (κ3) is 5.25. The van der Waals surface area contributed by atoms with Crippen molar-refractivity contribution in [1.29, 1.82) is 0 Å². The van der Waals surface area contributed by atoms with Crippen molar-refractivity contribution in [2.75, 3.05) is 13.1 Å². The summed E-state index contributed by atoms with van der Waals surface area (Å²) in [5.74, 6) is 0. The predicted octanol–water partition coefficient (Wildman–Crippen LogP) is 2.04. The number of nitrogens with two attached hydrogens (primary N) is 1. The van der Waals surface area contributed by atoms with Crippen molar-refractivity contribution in [3.8, 4) is 0 Å². The molecule has 0 fully saturated rings. The van der Waals surface area contributed by atoms with Crippen molar-refractivity contribution in [3.05, 3.63) is 0 Å². The first kappa shape index (κ1) is 16.0. The van der Waals surface area contributed by atoms with Crippen LogP contribution < -0.4 is 11.1 Å². The summed E-state index contributed by atoms with van der Waals surface area (Å²) in [7, 11) is 0. The average Bonchev–Trinajstić information content (AvgIpc) is 2.09. The molecule has 7 heteroatoms. The SMILES string of the molecule is CC(C)(C)OC(=O)NCC(C)(CN)C(F)(F)F. The van der Waals surface area contributed by atoms with Crippen molar-refractivity contribution in [2.24, 2.45) is 11.1 Å². The maximum absolute atomic E-state index is 12.6. The van der Waals surface area contributed by atoms with Crippen LogP contribution in [0.5, 0.6) is 0 Å². The number of amides is 1. The molecule has 0 aromatic carbocycles. The van der Waals surface area contributed by atoms with Gasteiger partial charge in [0.05, 0.1) is 5.41 Å². The second kappa shape index (κ2) is 5.12. The zero-order valence-corrected chi connectivity index (χ0v) is 10.4. The van der Waals surface area contributed by atoms with Crippen molar-refractivity contribution in [3.63, 3.8) is 0 Å². The van der Waals surface area contributed by atoms with Crippen LogP contribution in [0.2, 0.25) is 0 Å². The number of carbonyl (C=O) groups is 1. The molecule has 0 spiro atoms. The second-order valence-electron chi connectivity index (χ2n) is 5.12. The minimum atomic E-state index is -4.48. The first-order chi connectivity index (χ1) is 7.41. The lowest BCUT2D eigenvalue weighted by Gasteiger charge is -2.31. The van der Waals surface area contributed by atoms with E-state index in [1.54, 1.807) is 20.8 Å². The average molecular weight is 256 g/mol. The van der Waals surface area contributed by atoms with E-state index >= 15 is 0 Å². The Morgan fingerprint density at radius 2 is 1.71 bits per heavy atom. The molecule has 0 radical (unpaired) electrons. The van der Waals surface area contributed by atoms with Gasteiger partial charge >= 0.3 is 12.3 Å². The zero-order valence-electron chi connectivity index (χ0n) is 10.4. The summed E-state index contributed by atoms with van der Waals surface area (Å²) in [5.41, 5.74) is 2.20. The van der Waals surface area contributed by atoms with Gasteiger partial charge in [0.25, 0.3) is 0 Å². The Morgan fingerprint density at radius 1 is 1.24 bits per heavy atom. The van der Waals surface area contributed by atoms with E-state index in [4.69, 9.17) is 10.5 Å². The number of hydrogen-bond donors (Lipinski definition) is 2. The highest BCUT2D eigenvalue weighted by molar-refractivity contribution is 5.67. The molecule has 4 nitrogen and oxygen atoms in total. The molecule has 1 unspecified atom stereocenters. The maximum Gasteiger partial charge on any atom is 0.407 e. The van der Waals surface area contributed by atoms with Gasteiger partial charge in [-0.05, 0) is 27.7 Å². The van der Waals surface area contributed by atoms with Gasteiger partial charge in [-0.2, -0.15) is 13.2 Å². The van der Waals surface area contributed by atoms with Crippen molar-refractivity contribution in [1.82, 2.24) is 5.32 Å². The van der Waals surface area contributed by atoms with Crippen LogP contribution in [0.4, 0.5) is 18.0 Å². The number of nitrogens with one attached hydrogen (secondary N) is 1. The minimum absolute atomic E-state index is 0.605. The number of alkyl halides is 3. The molecule has 1 atom stereocenters. The van der Waals surface area contributed by atoms with Crippen LogP contribution in [0.1, 0.15) is 27.7 Å². The van der Waals surface area contributed by atoms with Crippen LogP contribution >= 0.6 is 0 Å². The summed E-state index contributed by atoms with van der Waals surface area (Å²) in [4.78, 5) is 11.2. The molecular weight excluding hydrogens is 237 g/mol. The standard InChI is InChI=1S/C10H19F3N2O2/c1-8(2,3)17-7(16)15-6-9(4,5-14)10(11,12)13/h5-6,14H2,1-4H3,(H,15,16). The number of alkyl carbamates (subject to hydrolysis) is 1. The molecule has 0 aliphatic rings. The van der Waals surface area contributed by atoms with E-state index in [0.717, 1.165) is 6.92 Å². The molecule has 3 N–H and O–H groups in total. The molecule has 0 aromatic heterocycles. The van der Waals surface area contributed by atoms with Crippen molar-refractivity contribution >= 4 is 6.09 Å². The predicted molar refractivity (Wildman–Crippen MR) is 57.5 cm³/mol. The van der Waals surface area contributed by atoms with E-state index in [-0.39, 0.29) is 0 Å². The quantitative estimate of drug-likeness (QED) is 0.812. The summed E-state index contributed by atoms with van der Waals surface area (Å²) in [6, 6.07) is 0. The van der Waals surface area contributed by atoms with Crippen LogP contribution in [-0.4, -0.2) is 31.0 Å². The number of rotatable bonds is 3. The number of ether oxygens (including phenoxy) is 1. The molecule has 17 heavy (non-hydrogen) atoms. The Balaban J connectivity index is 4.40. The maximum atomic E-state index is 12.6. The summed E-state index contributed by atoms with van der Waals surface area (Å²) < 4.78 is 42.7. The van der Waals surface area contributed by atoms with E-state index in [1.807, 2.05) is 0 Å².